The summed E-state index contributed by atoms with van der Waals surface area (Å²) in [5.41, 5.74) is 0.0813. The van der Waals surface area contributed by atoms with E-state index >= 15 is 0 Å². The molecule has 1 aliphatic heterocycles. The van der Waals surface area contributed by atoms with Crippen LogP contribution in [0.2, 0.25) is 5.02 Å². The molecule has 2 aromatic heterocycles. The number of halogens is 4. The number of aromatic nitrogens is 3. The van der Waals surface area contributed by atoms with Gasteiger partial charge in [-0.15, -0.1) is 13.2 Å². The minimum absolute atomic E-state index is 0.0398. The molecule has 0 saturated carbocycles. The van der Waals surface area contributed by atoms with Gasteiger partial charge in [-0.05, 0) is 49.1 Å². The number of alkyl halides is 3. The number of hydrogen-bond donors (Lipinski definition) is 0. The summed E-state index contributed by atoms with van der Waals surface area (Å²) in [5.74, 6) is -0.264. The third-order valence-electron chi connectivity index (χ3n) is 6.38. The highest BCUT2D eigenvalue weighted by atomic mass is 35.5. The topological polar surface area (TPSA) is 101 Å². The van der Waals surface area contributed by atoms with Gasteiger partial charge < -0.3 is 14.0 Å². The fraction of sp³-hybridized carbons (Fsp3) is 0.259. The Balaban J connectivity index is 1.61. The average Bonchev–Trinajstić information content (AvgIpc) is 3.35. The fourth-order valence-corrected chi connectivity index (χ4v) is 4.61. The highest BCUT2D eigenvalue weighted by Crippen LogP contribution is 2.31. The van der Waals surface area contributed by atoms with Crippen LogP contribution in [0, 0.1) is 5.92 Å². The Hall–Kier alpha value is -4.32. The molecule has 0 radical (unpaired) electrons. The van der Waals surface area contributed by atoms with E-state index in [1.54, 1.807) is 18.2 Å². The maximum Gasteiger partial charge on any atom is 0.573 e. The van der Waals surface area contributed by atoms with Crippen molar-refractivity contribution < 1.29 is 27.2 Å². The lowest BCUT2D eigenvalue weighted by Gasteiger charge is -2.19. The number of rotatable bonds is 6. The van der Waals surface area contributed by atoms with E-state index in [0.717, 1.165) is 22.3 Å². The summed E-state index contributed by atoms with van der Waals surface area (Å²) in [4.78, 5) is 31.0. The summed E-state index contributed by atoms with van der Waals surface area (Å²) < 4.78 is 56.0. The minimum atomic E-state index is -4.88. The molecule has 0 saturated heterocycles. The Morgan fingerprint density at radius 3 is 2.55 bits per heavy atom. The largest absolute Gasteiger partial charge is 0.573 e. The quantitative estimate of drug-likeness (QED) is 0.319. The maximum atomic E-state index is 13.2. The summed E-state index contributed by atoms with van der Waals surface area (Å²) in [6, 6.07) is 13.8. The van der Waals surface area contributed by atoms with Crippen molar-refractivity contribution in [2.45, 2.75) is 32.2 Å². The van der Waals surface area contributed by atoms with Crippen molar-refractivity contribution in [2.24, 2.45) is 18.0 Å². The van der Waals surface area contributed by atoms with E-state index in [1.165, 1.54) is 29.9 Å². The molecule has 1 aliphatic rings. The number of aliphatic imine (C=N–C) groups is 1. The zero-order valence-corrected chi connectivity index (χ0v) is 21.8. The molecule has 4 aromatic rings. The summed E-state index contributed by atoms with van der Waals surface area (Å²) in [7, 11) is 1.38. The van der Waals surface area contributed by atoms with Crippen molar-refractivity contribution in [3.05, 3.63) is 104 Å². The van der Waals surface area contributed by atoms with E-state index in [2.05, 4.69) is 14.9 Å². The molecule has 1 atom stereocenters. The molecule has 0 spiro atoms. The molecule has 0 fully saturated rings. The SMILES string of the molecule is Cn1c(=O)c2c(n(Cc3ccno3)c1=O)N=C(Oc1cccc(OC(F)(F)F)c1)C(Cc1ccc(Cl)cc1)CC2. The van der Waals surface area contributed by atoms with Gasteiger partial charge in [0.05, 0.1) is 18.3 Å². The van der Waals surface area contributed by atoms with Crippen molar-refractivity contribution >= 4 is 23.3 Å². The van der Waals surface area contributed by atoms with Crippen LogP contribution in [0.4, 0.5) is 19.0 Å². The molecule has 5 rings (SSSR count). The smallest absolute Gasteiger partial charge is 0.442 e. The van der Waals surface area contributed by atoms with Crippen LogP contribution in [0.5, 0.6) is 11.5 Å². The van der Waals surface area contributed by atoms with Gasteiger partial charge in [-0.2, -0.15) is 4.99 Å². The number of hydrogen-bond acceptors (Lipinski definition) is 7. The molecule has 40 heavy (non-hydrogen) atoms. The van der Waals surface area contributed by atoms with Crippen LogP contribution in [-0.4, -0.2) is 26.6 Å². The van der Waals surface area contributed by atoms with Gasteiger partial charge in [-0.1, -0.05) is 35.0 Å². The van der Waals surface area contributed by atoms with E-state index < -0.39 is 29.3 Å². The van der Waals surface area contributed by atoms with Crippen molar-refractivity contribution in [3.63, 3.8) is 0 Å². The Kier molecular flexibility index (Phi) is 7.53. The van der Waals surface area contributed by atoms with Crippen molar-refractivity contribution in [1.82, 2.24) is 14.3 Å². The highest BCUT2D eigenvalue weighted by Gasteiger charge is 2.32. The lowest BCUT2D eigenvalue weighted by Crippen LogP contribution is -2.40. The monoisotopic (exact) mass is 574 g/mol. The first-order valence-electron chi connectivity index (χ1n) is 12.2. The van der Waals surface area contributed by atoms with Gasteiger partial charge in [0, 0.05) is 30.1 Å². The third kappa shape index (κ3) is 6.12. The second-order valence-electron chi connectivity index (χ2n) is 9.15. The predicted octanol–water partition coefficient (Wildman–Crippen LogP) is 5.05. The lowest BCUT2D eigenvalue weighted by molar-refractivity contribution is -0.274. The number of fused-ring (bicyclic) bond motifs is 1. The fourth-order valence-electron chi connectivity index (χ4n) is 4.48. The van der Waals surface area contributed by atoms with Crippen molar-refractivity contribution in [1.29, 1.82) is 0 Å². The molecule has 0 aliphatic carbocycles. The van der Waals surface area contributed by atoms with E-state index in [4.69, 9.17) is 20.9 Å². The minimum Gasteiger partial charge on any atom is -0.442 e. The normalized spacial score (nSPS) is 15.2. The average molecular weight is 575 g/mol. The van der Waals surface area contributed by atoms with Gasteiger partial charge in [0.25, 0.3) is 5.56 Å². The summed E-state index contributed by atoms with van der Waals surface area (Å²) in [6.07, 6.45) is -2.36. The Morgan fingerprint density at radius 2 is 1.85 bits per heavy atom. The maximum absolute atomic E-state index is 13.2. The van der Waals surface area contributed by atoms with Gasteiger partial charge in [0.15, 0.2) is 11.7 Å². The summed E-state index contributed by atoms with van der Waals surface area (Å²) in [6.45, 7) is -0.0528. The van der Waals surface area contributed by atoms with E-state index in [-0.39, 0.29) is 30.4 Å². The van der Waals surface area contributed by atoms with Crippen LogP contribution < -0.4 is 20.7 Å². The van der Waals surface area contributed by atoms with Crippen LogP contribution >= 0.6 is 11.6 Å². The second kappa shape index (κ2) is 11.0. The van der Waals surface area contributed by atoms with Crippen LogP contribution in [0.25, 0.3) is 0 Å². The summed E-state index contributed by atoms with van der Waals surface area (Å²) >= 11 is 6.04. The Morgan fingerprint density at radius 1 is 1.10 bits per heavy atom. The number of benzene rings is 2. The first-order chi connectivity index (χ1) is 19.1. The van der Waals surface area contributed by atoms with Crippen molar-refractivity contribution in [3.8, 4) is 11.5 Å². The van der Waals surface area contributed by atoms with Gasteiger partial charge in [0.1, 0.15) is 17.3 Å². The van der Waals surface area contributed by atoms with Crippen LogP contribution in [0.1, 0.15) is 23.3 Å². The van der Waals surface area contributed by atoms with E-state index in [9.17, 15) is 22.8 Å². The van der Waals surface area contributed by atoms with Crippen molar-refractivity contribution in [2.75, 3.05) is 0 Å². The van der Waals surface area contributed by atoms with Crippen LogP contribution in [0.3, 0.4) is 0 Å². The molecule has 0 bridgehead atoms. The van der Waals surface area contributed by atoms with Gasteiger partial charge in [-0.25, -0.2) is 4.79 Å². The predicted molar refractivity (Wildman–Crippen MR) is 139 cm³/mol. The first kappa shape index (κ1) is 27.3. The van der Waals surface area contributed by atoms with Gasteiger partial charge in [0.2, 0.25) is 0 Å². The summed E-state index contributed by atoms with van der Waals surface area (Å²) in [5, 5.41) is 4.23. The van der Waals surface area contributed by atoms with E-state index in [1.807, 2.05) is 12.1 Å². The molecule has 3 heterocycles. The molecule has 0 amide bonds. The molecule has 208 valence electrons. The zero-order valence-electron chi connectivity index (χ0n) is 21.0. The molecule has 2 aromatic carbocycles. The van der Waals surface area contributed by atoms with Crippen LogP contribution in [0.15, 0.2) is 79.9 Å². The van der Waals surface area contributed by atoms with Crippen LogP contribution in [-0.2, 0) is 26.4 Å². The Labute approximate surface area is 230 Å². The third-order valence-corrected chi connectivity index (χ3v) is 6.63. The lowest BCUT2D eigenvalue weighted by atomic mass is 9.93. The zero-order chi connectivity index (χ0) is 28.4. The molecule has 1 unspecified atom stereocenters. The van der Waals surface area contributed by atoms with Gasteiger partial charge in [-0.3, -0.25) is 13.9 Å². The first-order valence-corrected chi connectivity index (χ1v) is 12.5. The standard InChI is InChI=1S/C27H22ClF3N4O5/c1-34-25(36)22-10-7-17(13-16-5-8-18(28)9-6-16)24(38-19-3-2-4-20(14-19)39-27(29,30)31)33-23(22)35(26(34)37)15-21-11-12-32-40-21/h2-6,8-9,11-12,14,17H,7,10,13,15H2,1H3. The molecular weight excluding hydrogens is 553 g/mol. The molecule has 0 N–H and O–H groups in total. The second-order valence-corrected chi connectivity index (χ2v) is 9.59. The molecule has 13 heteroatoms. The van der Waals surface area contributed by atoms with Gasteiger partial charge >= 0.3 is 12.1 Å². The number of nitrogens with zero attached hydrogens (tertiary/aromatic N) is 4. The Bertz CT molecular complexity index is 1660. The molecule has 9 nitrogen and oxygen atoms in total. The highest BCUT2D eigenvalue weighted by molar-refractivity contribution is 6.30. The number of ether oxygens (including phenoxy) is 2. The van der Waals surface area contributed by atoms with E-state index in [0.29, 0.717) is 29.2 Å². The molecular formula is C27H22ClF3N4O5.